The van der Waals surface area contributed by atoms with E-state index >= 15 is 0 Å². The Bertz CT molecular complexity index is 1090. The molecule has 4 rings (SSSR count). The first kappa shape index (κ1) is 24.8. The highest BCUT2D eigenvalue weighted by Gasteiger charge is 2.49. The van der Waals surface area contributed by atoms with Gasteiger partial charge in [-0.15, -0.1) is 0 Å². The van der Waals surface area contributed by atoms with E-state index in [1.165, 1.54) is 34.9 Å². The molecule has 35 heavy (non-hydrogen) atoms. The average Bonchev–Trinajstić information content (AvgIpc) is 3.25. The van der Waals surface area contributed by atoms with Crippen LogP contribution in [0.4, 0.5) is 5.69 Å². The molecule has 2 aromatic rings. The molecule has 1 N–H and O–H groups in total. The van der Waals surface area contributed by atoms with Crippen LogP contribution in [0.1, 0.15) is 79.8 Å². The molecule has 1 aromatic heterocycles. The molecule has 1 atom stereocenters. The molecule has 2 heterocycles. The highest BCUT2D eigenvalue weighted by atomic mass is 16.5. The molecule has 0 unspecified atom stereocenters. The summed E-state index contributed by atoms with van der Waals surface area (Å²) in [7, 11) is 1.55. The van der Waals surface area contributed by atoms with Crippen LogP contribution >= 0.6 is 0 Å². The summed E-state index contributed by atoms with van der Waals surface area (Å²) in [4.78, 5) is 41.5. The van der Waals surface area contributed by atoms with Crippen LogP contribution in [0.25, 0.3) is 0 Å². The van der Waals surface area contributed by atoms with Crippen molar-refractivity contribution in [2.45, 2.75) is 76.9 Å². The number of hydrogen-bond acceptors (Lipinski definition) is 6. The molecule has 0 saturated heterocycles. The molecule has 2 aliphatic rings. The molecule has 0 spiro atoms. The quantitative estimate of drug-likeness (QED) is 0.630. The summed E-state index contributed by atoms with van der Waals surface area (Å²) in [5.41, 5.74) is -0.455. The van der Waals surface area contributed by atoms with Gasteiger partial charge in [-0.2, -0.15) is 5.10 Å². The van der Waals surface area contributed by atoms with E-state index in [0.717, 1.165) is 25.7 Å². The molecule has 2 amide bonds. The number of amides is 2. The number of anilines is 1. The molecule has 1 saturated carbocycles. The Morgan fingerprint density at radius 3 is 2.54 bits per heavy atom. The van der Waals surface area contributed by atoms with E-state index in [1.807, 2.05) is 0 Å². The molecule has 1 aliphatic carbocycles. The number of ether oxygens (including phenoxy) is 2. The zero-order valence-electron chi connectivity index (χ0n) is 20.7. The summed E-state index contributed by atoms with van der Waals surface area (Å²) in [6.45, 7) is 3.76. The van der Waals surface area contributed by atoms with Gasteiger partial charge in [-0.1, -0.05) is 38.2 Å². The van der Waals surface area contributed by atoms with Gasteiger partial charge in [0, 0.05) is 23.9 Å². The van der Waals surface area contributed by atoms with Crippen LogP contribution in [0, 0.1) is 0 Å². The van der Waals surface area contributed by atoms with E-state index in [1.54, 1.807) is 45.2 Å². The fourth-order valence-corrected chi connectivity index (χ4v) is 4.98. The predicted octanol–water partition coefficient (Wildman–Crippen LogP) is 3.72. The van der Waals surface area contributed by atoms with Crippen molar-refractivity contribution < 1.29 is 23.9 Å². The van der Waals surface area contributed by atoms with Crippen molar-refractivity contribution in [2.24, 2.45) is 0 Å². The van der Waals surface area contributed by atoms with E-state index in [2.05, 4.69) is 10.4 Å². The van der Waals surface area contributed by atoms with Crippen LogP contribution in [-0.4, -0.2) is 52.9 Å². The summed E-state index contributed by atoms with van der Waals surface area (Å²) in [6.07, 6.45) is 7.58. The molecule has 0 radical (unpaired) electrons. The van der Waals surface area contributed by atoms with E-state index in [9.17, 15) is 14.4 Å². The second-order valence-electron chi connectivity index (χ2n) is 9.42. The van der Waals surface area contributed by atoms with E-state index < -0.39 is 17.4 Å². The summed E-state index contributed by atoms with van der Waals surface area (Å²) in [6, 6.07) is 8.57. The minimum absolute atomic E-state index is 0.0467. The number of esters is 1. The number of fused-ring (bicyclic) bond motifs is 1. The molecule has 1 aliphatic heterocycles. The lowest BCUT2D eigenvalue weighted by molar-refractivity contribution is -0.127. The van der Waals surface area contributed by atoms with Crippen LogP contribution < -0.4 is 15.0 Å². The lowest BCUT2D eigenvalue weighted by Gasteiger charge is -2.43. The monoisotopic (exact) mass is 482 g/mol. The maximum absolute atomic E-state index is 13.9. The van der Waals surface area contributed by atoms with Crippen LogP contribution in [0.2, 0.25) is 0 Å². The number of carbonyl (C=O) groups is 3. The minimum atomic E-state index is -1.27. The van der Waals surface area contributed by atoms with Gasteiger partial charge in [-0.25, -0.2) is 4.79 Å². The minimum Gasteiger partial charge on any atom is -0.497 e. The first-order chi connectivity index (χ1) is 16.9. The Morgan fingerprint density at radius 1 is 1.14 bits per heavy atom. The van der Waals surface area contributed by atoms with Crippen LogP contribution in [0.5, 0.6) is 5.75 Å². The van der Waals surface area contributed by atoms with E-state index in [0.29, 0.717) is 11.4 Å². The molecule has 1 fully saturated rings. The van der Waals surface area contributed by atoms with Crippen molar-refractivity contribution in [3.05, 3.63) is 41.7 Å². The smallest absolute Gasteiger partial charge is 0.358 e. The number of hydrogen-bond donors (Lipinski definition) is 1. The first-order valence-corrected chi connectivity index (χ1v) is 12.4. The highest BCUT2D eigenvalue weighted by molar-refractivity contribution is 6.12. The Morgan fingerprint density at radius 2 is 1.86 bits per heavy atom. The molecule has 188 valence electrons. The van der Waals surface area contributed by atoms with Crippen molar-refractivity contribution in [2.75, 3.05) is 18.6 Å². The lowest BCUT2D eigenvalue weighted by atomic mass is 9.91. The van der Waals surface area contributed by atoms with Crippen molar-refractivity contribution in [1.29, 1.82) is 0 Å². The van der Waals surface area contributed by atoms with Crippen LogP contribution in [0.3, 0.4) is 0 Å². The third-order valence-electron chi connectivity index (χ3n) is 6.88. The zero-order chi connectivity index (χ0) is 25.0. The summed E-state index contributed by atoms with van der Waals surface area (Å²) >= 11 is 0. The maximum atomic E-state index is 13.9. The Labute approximate surface area is 205 Å². The normalized spacial score (nSPS) is 21.0. The number of methoxy groups -OCH3 is 1. The van der Waals surface area contributed by atoms with Gasteiger partial charge in [0.1, 0.15) is 17.0 Å². The van der Waals surface area contributed by atoms with Crippen LogP contribution in [0.15, 0.2) is 30.3 Å². The Hall–Kier alpha value is -3.36. The summed E-state index contributed by atoms with van der Waals surface area (Å²) in [5, 5.41) is 7.55. The molecule has 9 heteroatoms. The van der Waals surface area contributed by atoms with E-state index in [4.69, 9.17) is 9.47 Å². The molecule has 9 nitrogen and oxygen atoms in total. The number of aromatic nitrogens is 2. The van der Waals surface area contributed by atoms with Gasteiger partial charge >= 0.3 is 5.97 Å². The largest absolute Gasteiger partial charge is 0.497 e. The maximum Gasteiger partial charge on any atom is 0.358 e. The second kappa shape index (κ2) is 10.5. The third-order valence-corrected chi connectivity index (χ3v) is 6.88. The SMILES string of the molecule is CCOC(=O)c1cc2n(n1)C[C@@](C)(C(=O)NC1CCCCCCC1)N(c1cccc(OC)c1)C2=O. The fraction of sp³-hybridized carbons (Fsp3) is 0.538. The number of carbonyl (C=O) groups excluding carboxylic acids is 3. The van der Waals surface area contributed by atoms with Gasteiger partial charge in [0.25, 0.3) is 5.91 Å². The molecular formula is C26H34N4O5. The highest BCUT2D eigenvalue weighted by Crippen LogP contribution is 2.35. The fourth-order valence-electron chi connectivity index (χ4n) is 4.98. The number of nitrogens with one attached hydrogen (secondary N) is 1. The Kier molecular flexibility index (Phi) is 7.42. The van der Waals surface area contributed by atoms with Gasteiger partial charge in [0.05, 0.1) is 20.3 Å². The number of benzene rings is 1. The second-order valence-corrected chi connectivity index (χ2v) is 9.42. The van der Waals surface area contributed by atoms with Gasteiger partial charge in [0.15, 0.2) is 5.69 Å². The van der Waals surface area contributed by atoms with Crippen molar-refractivity contribution >= 4 is 23.5 Å². The van der Waals surface area contributed by atoms with Gasteiger partial charge in [-0.3, -0.25) is 19.2 Å². The summed E-state index contributed by atoms with van der Waals surface area (Å²) < 4.78 is 11.9. The first-order valence-electron chi connectivity index (χ1n) is 12.4. The molecule has 0 bridgehead atoms. The van der Waals surface area contributed by atoms with E-state index in [-0.39, 0.29) is 36.5 Å². The zero-order valence-corrected chi connectivity index (χ0v) is 20.7. The summed E-state index contributed by atoms with van der Waals surface area (Å²) in [5.74, 6) is -0.680. The van der Waals surface area contributed by atoms with Gasteiger partial charge < -0.3 is 14.8 Å². The standard InChI is InChI=1S/C26H34N4O5/c1-4-35-24(32)21-16-22-23(31)30(19-13-10-14-20(15-19)34-3)26(2,17-29(22)28-21)25(33)27-18-11-8-6-5-7-9-12-18/h10,13-16,18H,4-9,11-12,17H2,1-3H3,(H,27,33)/t26-/m0/s1. The topological polar surface area (TPSA) is 103 Å². The Balaban J connectivity index is 1.72. The predicted molar refractivity (Wildman–Crippen MR) is 131 cm³/mol. The molecular weight excluding hydrogens is 448 g/mol. The van der Waals surface area contributed by atoms with Crippen molar-refractivity contribution in [3.8, 4) is 5.75 Å². The van der Waals surface area contributed by atoms with Crippen molar-refractivity contribution in [3.63, 3.8) is 0 Å². The third kappa shape index (κ3) is 5.04. The van der Waals surface area contributed by atoms with Crippen molar-refractivity contribution in [1.82, 2.24) is 15.1 Å². The van der Waals surface area contributed by atoms with Gasteiger partial charge in [0.2, 0.25) is 5.91 Å². The molecule has 1 aromatic carbocycles. The number of rotatable bonds is 6. The number of nitrogens with zero attached hydrogens (tertiary/aromatic N) is 3. The van der Waals surface area contributed by atoms with Gasteiger partial charge in [-0.05, 0) is 38.8 Å². The average molecular weight is 483 g/mol. The van der Waals surface area contributed by atoms with Crippen LogP contribution in [-0.2, 0) is 16.1 Å². The lowest BCUT2D eigenvalue weighted by Crippen LogP contribution is -2.65.